The lowest BCUT2D eigenvalue weighted by Gasteiger charge is -2.34. The second kappa shape index (κ2) is 13.9. The Bertz CT molecular complexity index is 1080. The minimum Gasteiger partial charge on any atom is -0.466 e. The first kappa shape index (κ1) is 29.1. The van der Waals surface area contributed by atoms with E-state index in [4.69, 9.17) is 14.2 Å². The Morgan fingerprint density at radius 2 is 1.58 bits per heavy atom. The molecular weight excluding hydrogens is 482 g/mol. The number of nitrogens with zero attached hydrogens (tertiary/aromatic N) is 1. The Labute approximate surface area is 225 Å². The largest absolute Gasteiger partial charge is 0.466 e. The molecule has 7 heteroatoms. The third kappa shape index (κ3) is 8.84. The van der Waals surface area contributed by atoms with Crippen molar-refractivity contribution in [3.05, 3.63) is 83.9 Å². The molecule has 3 rings (SSSR count). The molecule has 0 aliphatic carbocycles. The highest BCUT2D eigenvalue weighted by atomic mass is 16.6. The molecule has 0 saturated carbocycles. The molecule has 2 aromatic rings. The molecule has 1 aliphatic rings. The number of carbonyl (C=O) groups is 3. The van der Waals surface area contributed by atoms with Gasteiger partial charge in [0.25, 0.3) is 0 Å². The average molecular weight is 522 g/mol. The number of hydrogen-bond acceptors (Lipinski definition) is 7. The van der Waals surface area contributed by atoms with Gasteiger partial charge in [-0.3, -0.25) is 14.5 Å². The van der Waals surface area contributed by atoms with E-state index >= 15 is 0 Å². The molecule has 1 fully saturated rings. The fourth-order valence-electron chi connectivity index (χ4n) is 4.72. The van der Waals surface area contributed by atoms with Crippen LogP contribution in [0.3, 0.4) is 0 Å². The zero-order valence-corrected chi connectivity index (χ0v) is 22.8. The monoisotopic (exact) mass is 521 g/mol. The second-order valence-electron chi connectivity index (χ2n) is 10.4. The van der Waals surface area contributed by atoms with E-state index in [1.807, 2.05) is 81.4 Å². The molecule has 0 amide bonds. The number of esters is 3. The summed E-state index contributed by atoms with van der Waals surface area (Å²) in [5, 5.41) is 0. The van der Waals surface area contributed by atoms with Crippen LogP contribution in [0.5, 0.6) is 0 Å². The summed E-state index contributed by atoms with van der Waals surface area (Å²) in [6.07, 6.45) is 4.52. The topological polar surface area (TPSA) is 82.1 Å². The minimum absolute atomic E-state index is 0.177. The van der Waals surface area contributed by atoms with Crippen LogP contribution in [0.2, 0.25) is 0 Å². The van der Waals surface area contributed by atoms with Gasteiger partial charge in [-0.15, -0.1) is 0 Å². The maximum Gasteiger partial charge on any atom is 0.330 e. The lowest BCUT2D eigenvalue weighted by Crippen LogP contribution is -2.47. The predicted octanol–water partition coefficient (Wildman–Crippen LogP) is 5.23. The summed E-state index contributed by atoms with van der Waals surface area (Å²) < 4.78 is 16.5. The van der Waals surface area contributed by atoms with Crippen LogP contribution >= 0.6 is 0 Å². The molecule has 0 aromatic heterocycles. The zero-order chi connectivity index (χ0) is 27.5. The van der Waals surface area contributed by atoms with Gasteiger partial charge >= 0.3 is 17.9 Å². The van der Waals surface area contributed by atoms with Crippen LogP contribution in [-0.2, 0) is 41.7 Å². The number of likely N-dealkylation sites (tertiary alicyclic amines) is 1. The van der Waals surface area contributed by atoms with Gasteiger partial charge in [-0.25, -0.2) is 4.79 Å². The Balaban J connectivity index is 1.76. The lowest BCUT2D eigenvalue weighted by atomic mass is 9.93. The molecule has 1 heterocycles. The molecule has 1 aliphatic heterocycles. The molecule has 0 unspecified atom stereocenters. The van der Waals surface area contributed by atoms with Crippen molar-refractivity contribution in [2.24, 2.45) is 5.92 Å². The summed E-state index contributed by atoms with van der Waals surface area (Å²) in [4.78, 5) is 40.6. The molecule has 0 spiro atoms. The maximum absolute atomic E-state index is 13.2. The molecule has 0 bridgehead atoms. The molecular formula is C31H39NO6. The van der Waals surface area contributed by atoms with E-state index < -0.39 is 23.5 Å². The van der Waals surface area contributed by atoms with Crippen LogP contribution in [0.1, 0.15) is 58.1 Å². The van der Waals surface area contributed by atoms with Crippen molar-refractivity contribution in [3.63, 3.8) is 0 Å². The van der Waals surface area contributed by atoms with E-state index in [2.05, 4.69) is 4.90 Å². The fraction of sp³-hybridized carbons (Fsp3) is 0.452. The van der Waals surface area contributed by atoms with Gasteiger partial charge in [0.15, 0.2) is 0 Å². The van der Waals surface area contributed by atoms with Gasteiger partial charge < -0.3 is 14.2 Å². The van der Waals surface area contributed by atoms with Gasteiger partial charge in [0.05, 0.1) is 12.5 Å². The van der Waals surface area contributed by atoms with Crippen molar-refractivity contribution in [2.45, 2.75) is 77.8 Å². The molecule has 0 radical (unpaired) electrons. The van der Waals surface area contributed by atoms with E-state index in [0.717, 1.165) is 11.1 Å². The third-order valence-electron chi connectivity index (χ3n) is 6.37. The number of allylic oxidation sites excluding steroid dienone is 1. The summed E-state index contributed by atoms with van der Waals surface area (Å²) in [5.74, 6) is -1.67. The lowest BCUT2D eigenvalue weighted by molar-refractivity contribution is -0.163. The van der Waals surface area contributed by atoms with Crippen molar-refractivity contribution in [1.29, 1.82) is 0 Å². The molecule has 1 saturated heterocycles. The van der Waals surface area contributed by atoms with E-state index in [1.54, 1.807) is 13.0 Å². The van der Waals surface area contributed by atoms with Crippen LogP contribution < -0.4 is 0 Å². The second-order valence-corrected chi connectivity index (χ2v) is 10.4. The predicted molar refractivity (Wildman–Crippen MR) is 145 cm³/mol. The van der Waals surface area contributed by atoms with Crippen LogP contribution in [0.15, 0.2) is 72.8 Å². The van der Waals surface area contributed by atoms with Gasteiger partial charge in [0.2, 0.25) is 0 Å². The first-order valence-corrected chi connectivity index (χ1v) is 13.2. The molecule has 38 heavy (non-hydrogen) atoms. The summed E-state index contributed by atoms with van der Waals surface area (Å²) in [5.41, 5.74) is 1.32. The molecule has 2 aromatic carbocycles. The Morgan fingerprint density at radius 1 is 0.947 bits per heavy atom. The number of benzene rings is 2. The van der Waals surface area contributed by atoms with Crippen molar-refractivity contribution < 1.29 is 28.6 Å². The summed E-state index contributed by atoms with van der Waals surface area (Å²) >= 11 is 0. The van der Waals surface area contributed by atoms with E-state index in [1.165, 1.54) is 6.08 Å². The van der Waals surface area contributed by atoms with Crippen molar-refractivity contribution >= 4 is 17.9 Å². The normalized spacial score (nSPS) is 18.7. The smallest absolute Gasteiger partial charge is 0.330 e. The van der Waals surface area contributed by atoms with E-state index in [0.29, 0.717) is 19.4 Å². The summed E-state index contributed by atoms with van der Waals surface area (Å²) in [6.45, 7) is 8.24. The summed E-state index contributed by atoms with van der Waals surface area (Å²) in [7, 11) is 0. The molecule has 0 N–H and O–H groups in total. The number of rotatable bonds is 11. The van der Waals surface area contributed by atoms with Crippen LogP contribution in [0.4, 0.5) is 0 Å². The summed E-state index contributed by atoms with van der Waals surface area (Å²) in [6, 6.07) is 18.6. The Kier molecular flexibility index (Phi) is 10.7. The molecule has 3 atom stereocenters. The van der Waals surface area contributed by atoms with E-state index in [9.17, 15) is 14.4 Å². The Morgan fingerprint density at radius 3 is 2.18 bits per heavy atom. The van der Waals surface area contributed by atoms with Crippen molar-refractivity contribution in [3.8, 4) is 0 Å². The average Bonchev–Trinajstić information content (AvgIpc) is 3.29. The minimum atomic E-state index is -0.614. The standard InChI is InChI=1S/C31H39NO6/c1-5-36-29(34)25(17-12-18-28(33)37-22-24-15-10-7-11-16-24)26-19-20-27(30(35)38-31(2,3)4)32(26)21-23-13-8-6-9-14-23/h6-16,18,25-27H,5,17,19-22H2,1-4H3/b18-12+/t25-,26-,27-/m0/s1. The SMILES string of the molecule is CCOC(=O)[C@@H](C/C=C/C(=O)OCc1ccccc1)[C@@H]1CC[C@@H](C(=O)OC(C)(C)C)N1Cc1ccccc1. The quantitative estimate of drug-likeness (QED) is 0.227. The zero-order valence-electron chi connectivity index (χ0n) is 22.8. The van der Waals surface area contributed by atoms with Crippen LogP contribution in [0.25, 0.3) is 0 Å². The maximum atomic E-state index is 13.2. The number of ether oxygens (including phenoxy) is 3. The van der Waals surface area contributed by atoms with Gasteiger partial charge in [-0.1, -0.05) is 66.7 Å². The number of hydrogen-bond donors (Lipinski definition) is 0. The number of carbonyl (C=O) groups excluding carboxylic acids is 3. The highest BCUT2D eigenvalue weighted by Gasteiger charge is 2.45. The van der Waals surface area contributed by atoms with E-state index in [-0.39, 0.29) is 37.6 Å². The van der Waals surface area contributed by atoms with Crippen molar-refractivity contribution in [1.82, 2.24) is 4.90 Å². The van der Waals surface area contributed by atoms with Gasteiger partial charge in [-0.2, -0.15) is 0 Å². The first-order valence-electron chi connectivity index (χ1n) is 13.2. The molecule has 204 valence electrons. The third-order valence-corrected chi connectivity index (χ3v) is 6.37. The fourth-order valence-corrected chi connectivity index (χ4v) is 4.72. The van der Waals surface area contributed by atoms with Crippen LogP contribution in [0, 0.1) is 5.92 Å². The first-order chi connectivity index (χ1) is 18.2. The highest BCUT2D eigenvalue weighted by Crippen LogP contribution is 2.34. The van der Waals surface area contributed by atoms with Gasteiger partial charge in [-0.05, 0) is 58.1 Å². The van der Waals surface area contributed by atoms with Gasteiger partial charge in [0.1, 0.15) is 18.2 Å². The highest BCUT2D eigenvalue weighted by molar-refractivity contribution is 5.82. The Hall–Kier alpha value is -3.45. The van der Waals surface area contributed by atoms with Crippen molar-refractivity contribution in [2.75, 3.05) is 6.61 Å². The van der Waals surface area contributed by atoms with Crippen LogP contribution in [-0.4, -0.2) is 47.1 Å². The van der Waals surface area contributed by atoms with Gasteiger partial charge in [0, 0.05) is 18.7 Å². The molecule has 7 nitrogen and oxygen atoms in total.